The summed E-state index contributed by atoms with van der Waals surface area (Å²) in [6, 6.07) is 5.53. The van der Waals surface area contributed by atoms with Crippen molar-refractivity contribution in [2.24, 2.45) is 17.8 Å². The van der Waals surface area contributed by atoms with E-state index < -0.39 is 11.6 Å². The Kier molecular flexibility index (Phi) is 7.01. The molecular formula is C19H25F2Y-. The van der Waals surface area contributed by atoms with E-state index in [1.165, 1.54) is 44.6 Å². The molecule has 0 aliphatic heterocycles. The molecular weight excluding hydrogens is 355 g/mol. The van der Waals surface area contributed by atoms with Gasteiger partial charge in [0.05, 0.1) is 0 Å². The zero-order valence-corrected chi connectivity index (χ0v) is 16.3. The van der Waals surface area contributed by atoms with Crippen molar-refractivity contribution in [3.8, 4) is 0 Å². The van der Waals surface area contributed by atoms with E-state index >= 15 is 0 Å². The number of benzene rings is 1. The van der Waals surface area contributed by atoms with E-state index in [0.29, 0.717) is 5.56 Å². The Morgan fingerprint density at radius 2 is 1.45 bits per heavy atom. The summed E-state index contributed by atoms with van der Waals surface area (Å²) < 4.78 is 27.2. The van der Waals surface area contributed by atoms with Crippen LogP contribution in [0.2, 0.25) is 0 Å². The molecule has 1 aromatic rings. The zero-order chi connectivity index (χ0) is 14.8. The summed E-state index contributed by atoms with van der Waals surface area (Å²) in [7, 11) is 0. The van der Waals surface area contributed by atoms with Gasteiger partial charge in [0, 0.05) is 44.3 Å². The molecule has 0 heterocycles. The van der Waals surface area contributed by atoms with Crippen LogP contribution >= 0.6 is 0 Å². The van der Waals surface area contributed by atoms with E-state index in [1.807, 2.05) is 0 Å². The minimum atomic E-state index is -0.823. The first-order valence-electron chi connectivity index (χ1n) is 8.50. The Bertz CT molecular complexity index is 472. The van der Waals surface area contributed by atoms with Crippen molar-refractivity contribution in [1.82, 2.24) is 0 Å². The minimum Gasteiger partial charge on any atom is -0.281 e. The first-order chi connectivity index (χ1) is 10.1. The summed E-state index contributed by atoms with van der Waals surface area (Å²) in [5, 5.41) is 0. The molecule has 0 aromatic heterocycles. The molecule has 1 radical (unpaired) electrons. The summed E-state index contributed by atoms with van der Waals surface area (Å²) in [6.07, 6.45) is 9.89. The summed E-state index contributed by atoms with van der Waals surface area (Å²) in [5.74, 6) is 1.30. The predicted molar refractivity (Wildman–Crippen MR) is 81.0 cm³/mol. The molecule has 2 fully saturated rings. The van der Waals surface area contributed by atoms with Crippen molar-refractivity contribution in [2.45, 2.75) is 64.2 Å². The molecule has 0 N–H and O–H groups in total. The van der Waals surface area contributed by atoms with E-state index in [2.05, 4.69) is 13.0 Å². The van der Waals surface area contributed by atoms with Gasteiger partial charge in [-0.05, 0) is 62.2 Å². The molecule has 0 amide bonds. The second kappa shape index (κ2) is 8.33. The SMILES string of the molecule is CC1CCC(C2CCC(c3cc[c-]c(F)c3F)CC2)CC1.[Y]. The van der Waals surface area contributed by atoms with Gasteiger partial charge in [0.1, 0.15) is 0 Å². The number of rotatable bonds is 2. The van der Waals surface area contributed by atoms with Crippen molar-refractivity contribution in [3.05, 3.63) is 35.4 Å². The van der Waals surface area contributed by atoms with Crippen molar-refractivity contribution < 1.29 is 41.5 Å². The average Bonchev–Trinajstić information content (AvgIpc) is 2.51. The van der Waals surface area contributed by atoms with E-state index in [9.17, 15) is 8.78 Å². The molecule has 3 rings (SSSR count). The van der Waals surface area contributed by atoms with E-state index in [1.54, 1.807) is 6.07 Å². The van der Waals surface area contributed by atoms with Crippen molar-refractivity contribution in [3.63, 3.8) is 0 Å². The van der Waals surface area contributed by atoms with Crippen LogP contribution in [0.4, 0.5) is 8.78 Å². The predicted octanol–water partition coefficient (Wildman–Crippen LogP) is 5.86. The van der Waals surface area contributed by atoms with Crippen LogP contribution in [0.15, 0.2) is 12.1 Å². The molecule has 0 atom stereocenters. The maximum atomic E-state index is 13.9. The van der Waals surface area contributed by atoms with Crippen LogP contribution in [0.25, 0.3) is 0 Å². The third-order valence-corrected chi connectivity index (χ3v) is 5.86. The minimum absolute atomic E-state index is 0. The molecule has 0 saturated heterocycles. The molecule has 119 valence electrons. The molecule has 0 nitrogen and oxygen atoms in total. The van der Waals surface area contributed by atoms with E-state index in [4.69, 9.17) is 0 Å². The Hall–Kier alpha value is 0.184. The number of hydrogen-bond donors (Lipinski definition) is 0. The summed E-state index contributed by atoms with van der Waals surface area (Å²) in [4.78, 5) is 0. The topological polar surface area (TPSA) is 0 Å². The molecule has 0 bridgehead atoms. The molecule has 1 aromatic carbocycles. The third kappa shape index (κ3) is 4.17. The van der Waals surface area contributed by atoms with Gasteiger partial charge >= 0.3 is 0 Å². The second-order valence-corrected chi connectivity index (χ2v) is 7.19. The van der Waals surface area contributed by atoms with Gasteiger partial charge in [-0.2, -0.15) is 12.1 Å². The van der Waals surface area contributed by atoms with Crippen LogP contribution in [0.5, 0.6) is 0 Å². The standard InChI is InChI=1S/C19H25F2.Y/c1-13-5-7-14(8-6-13)15-9-11-16(12-10-15)17-3-2-4-18(20)19(17)21;/h2-3,13-16H,5-12H2,1H3;/q-1;. The van der Waals surface area contributed by atoms with Gasteiger partial charge in [-0.25, -0.2) is 4.39 Å². The van der Waals surface area contributed by atoms with Crippen molar-refractivity contribution >= 4 is 0 Å². The summed E-state index contributed by atoms with van der Waals surface area (Å²) in [5.41, 5.74) is 0.571. The quantitative estimate of drug-likeness (QED) is 0.564. The van der Waals surface area contributed by atoms with Gasteiger partial charge in [-0.15, -0.1) is 11.6 Å². The van der Waals surface area contributed by atoms with Crippen LogP contribution in [0.1, 0.15) is 69.8 Å². The van der Waals surface area contributed by atoms with Crippen LogP contribution in [0, 0.1) is 35.5 Å². The first-order valence-corrected chi connectivity index (χ1v) is 8.50. The molecule has 22 heavy (non-hydrogen) atoms. The van der Waals surface area contributed by atoms with Crippen LogP contribution < -0.4 is 0 Å². The Morgan fingerprint density at radius 1 is 0.909 bits per heavy atom. The second-order valence-electron chi connectivity index (χ2n) is 7.19. The van der Waals surface area contributed by atoms with Crippen LogP contribution in [-0.2, 0) is 32.7 Å². The van der Waals surface area contributed by atoms with Gasteiger partial charge in [-0.1, -0.05) is 19.8 Å². The number of hydrogen-bond acceptors (Lipinski definition) is 0. The number of halogens is 2. The molecule has 0 spiro atoms. The zero-order valence-electron chi connectivity index (χ0n) is 13.5. The molecule has 2 saturated carbocycles. The monoisotopic (exact) mass is 380 g/mol. The smallest absolute Gasteiger partial charge is 0.0469 e. The maximum absolute atomic E-state index is 13.9. The Morgan fingerprint density at radius 3 is 2.05 bits per heavy atom. The maximum Gasteiger partial charge on any atom is 0.0469 e. The summed E-state index contributed by atoms with van der Waals surface area (Å²) >= 11 is 0. The average molecular weight is 380 g/mol. The van der Waals surface area contributed by atoms with Gasteiger partial charge in [0.15, 0.2) is 0 Å². The van der Waals surface area contributed by atoms with Crippen molar-refractivity contribution in [1.29, 1.82) is 0 Å². The third-order valence-electron chi connectivity index (χ3n) is 5.86. The fraction of sp³-hybridized carbons (Fsp3) is 0.684. The fourth-order valence-corrected chi connectivity index (χ4v) is 4.44. The molecule has 3 heteroatoms. The van der Waals surface area contributed by atoms with Gasteiger partial charge in [-0.3, -0.25) is 4.39 Å². The first kappa shape index (κ1) is 18.5. The molecule has 2 aliphatic carbocycles. The van der Waals surface area contributed by atoms with Gasteiger partial charge in [0.25, 0.3) is 0 Å². The Balaban J connectivity index is 0.00000176. The normalized spacial score (nSPS) is 32.3. The van der Waals surface area contributed by atoms with Crippen LogP contribution in [-0.4, -0.2) is 0 Å². The summed E-state index contributed by atoms with van der Waals surface area (Å²) in [6.45, 7) is 2.36. The van der Waals surface area contributed by atoms with Crippen molar-refractivity contribution in [2.75, 3.05) is 0 Å². The Labute approximate surface area is 158 Å². The molecule has 0 unspecified atom stereocenters. The fourth-order valence-electron chi connectivity index (χ4n) is 4.44. The largest absolute Gasteiger partial charge is 0.281 e. The van der Waals surface area contributed by atoms with Gasteiger partial charge < -0.3 is 0 Å². The van der Waals surface area contributed by atoms with Crippen LogP contribution in [0.3, 0.4) is 0 Å². The molecule has 2 aliphatic rings. The van der Waals surface area contributed by atoms with E-state index in [0.717, 1.165) is 30.6 Å². The van der Waals surface area contributed by atoms with Gasteiger partial charge in [0.2, 0.25) is 0 Å². The van der Waals surface area contributed by atoms with E-state index in [-0.39, 0.29) is 38.6 Å².